The molecule has 1 amide bonds. The summed E-state index contributed by atoms with van der Waals surface area (Å²) >= 11 is 0. The van der Waals surface area contributed by atoms with Crippen molar-refractivity contribution in [2.75, 3.05) is 19.7 Å². The summed E-state index contributed by atoms with van der Waals surface area (Å²) < 4.78 is 7.81. The Bertz CT molecular complexity index is 937. The number of hydrogen-bond donors (Lipinski definition) is 3. The maximum atomic E-state index is 10.9. The first-order chi connectivity index (χ1) is 14.0. The van der Waals surface area contributed by atoms with E-state index in [1.165, 1.54) is 0 Å². The molecule has 154 valence electrons. The van der Waals surface area contributed by atoms with Crippen molar-refractivity contribution in [1.29, 1.82) is 0 Å². The lowest BCUT2D eigenvalue weighted by Gasteiger charge is -2.14. The average Bonchev–Trinajstić information content (AvgIpc) is 3.02. The number of aliphatic hydroxyl groups is 1. The number of primary amides is 1. The predicted octanol–water partition coefficient (Wildman–Crippen LogP) is 1.79. The molecule has 4 N–H and O–H groups in total. The van der Waals surface area contributed by atoms with Crippen LogP contribution in [-0.4, -0.2) is 46.4 Å². The molecule has 0 fully saturated rings. The Labute approximate surface area is 170 Å². The van der Waals surface area contributed by atoms with Gasteiger partial charge >= 0.3 is 0 Å². The molecule has 0 aliphatic rings. The highest BCUT2D eigenvalue weighted by atomic mass is 16.5. The zero-order chi connectivity index (χ0) is 20.6. The van der Waals surface area contributed by atoms with E-state index in [0.29, 0.717) is 12.3 Å². The van der Waals surface area contributed by atoms with Crippen LogP contribution in [0.5, 0.6) is 5.75 Å². The van der Waals surface area contributed by atoms with Crippen LogP contribution in [0.3, 0.4) is 0 Å². The third-order valence-corrected chi connectivity index (χ3v) is 4.70. The highest BCUT2D eigenvalue weighted by Gasteiger charge is 2.08. The van der Waals surface area contributed by atoms with E-state index in [-0.39, 0.29) is 18.9 Å². The molecule has 0 aliphatic heterocycles. The Hall–Kier alpha value is -2.90. The van der Waals surface area contributed by atoms with Crippen molar-refractivity contribution in [3.63, 3.8) is 0 Å². The number of nitrogens with two attached hydrogens (primary N) is 1. The quantitative estimate of drug-likeness (QED) is 0.429. The average molecular weight is 396 g/mol. The van der Waals surface area contributed by atoms with E-state index in [2.05, 4.69) is 20.9 Å². The zero-order valence-corrected chi connectivity index (χ0v) is 16.7. The first-order valence-corrected chi connectivity index (χ1v) is 9.83. The molecule has 3 rings (SSSR count). The molecular weight excluding hydrogens is 368 g/mol. The summed E-state index contributed by atoms with van der Waals surface area (Å²) in [6.45, 7) is 4.36. The van der Waals surface area contributed by atoms with Gasteiger partial charge in [-0.05, 0) is 49.7 Å². The number of aromatic nitrogens is 2. The second-order valence-electron chi connectivity index (χ2n) is 7.11. The number of aliphatic hydroxyl groups excluding tert-OH is 1. The first kappa shape index (κ1) is 20.8. The number of nitrogens with zero attached hydrogens (tertiary/aromatic N) is 2. The van der Waals surface area contributed by atoms with Gasteiger partial charge in [0, 0.05) is 13.1 Å². The summed E-state index contributed by atoms with van der Waals surface area (Å²) in [7, 11) is 0. The number of rotatable bonds is 11. The molecule has 0 bridgehead atoms. The van der Waals surface area contributed by atoms with Crippen LogP contribution in [0.25, 0.3) is 11.0 Å². The minimum atomic E-state index is -0.601. The van der Waals surface area contributed by atoms with Gasteiger partial charge in [-0.2, -0.15) is 0 Å². The molecule has 0 saturated heterocycles. The Morgan fingerprint density at radius 3 is 2.76 bits per heavy atom. The van der Waals surface area contributed by atoms with Gasteiger partial charge in [0.05, 0.1) is 17.5 Å². The van der Waals surface area contributed by atoms with Crippen molar-refractivity contribution in [3.05, 3.63) is 59.9 Å². The number of imidazole rings is 1. The Morgan fingerprint density at radius 2 is 2.00 bits per heavy atom. The van der Waals surface area contributed by atoms with Crippen LogP contribution < -0.4 is 15.8 Å². The van der Waals surface area contributed by atoms with Crippen LogP contribution in [0.15, 0.2) is 48.5 Å². The second kappa shape index (κ2) is 10.0. The zero-order valence-electron chi connectivity index (χ0n) is 16.7. The summed E-state index contributed by atoms with van der Waals surface area (Å²) in [5.41, 5.74) is 8.19. The van der Waals surface area contributed by atoms with Crippen LogP contribution in [0, 0.1) is 6.92 Å². The van der Waals surface area contributed by atoms with Crippen molar-refractivity contribution in [1.82, 2.24) is 14.9 Å². The minimum Gasteiger partial charge on any atom is -0.491 e. The molecule has 3 aromatic rings. The molecular formula is C22H28N4O3. The van der Waals surface area contributed by atoms with Gasteiger partial charge in [0.15, 0.2) is 0 Å². The molecule has 0 saturated carbocycles. The van der Waals surface area contributed by atoms with Gasteiger partial charge in [0.25, 0.3) is 0 Å². The maximum absolute atomic E-state index is 10.9. The molecule has 29 heavy (non-hydrogen) atoms. The van der Waals surface area contributed by atoms with Gasteiger partial charge in [-0.3, -0.25) is 4.79 Å². The van der Waals surface area contributed by atoms with E-state index in [1.807, 2.05) is 25.1 Å². The topological polar surface area (TPSA) is 102 Å². The van der Waals surface area contributed by atoms with Crippen LogP contribution >= 0.6 is 0 Å². The highest BCUT2D eigenvalue weighted by molar-refractivity contribution is 5.76. The lowest BCUT2D eigenvalue weighted by Crippen LogP contribution is -2.32. The van der Waals surface area contributed by atoms with Gasteiger partial charge in [-0.1, -0.05) is 24.3 Å². The largest absolute Gasteiger partial charge is 0.491 e. The fraction of sp³-hybridized carbons (Fsp3) is 0.364. The molecule has 1 unspecified atom stereocenters. The number of fused-ring (bicyclic) bond motifs is 1. The normalized spacial score (nSPS) is 12.2. The van der Waals surface area contributed by atoms with E-state index in [1.54, 1.807) is 24.3 Å². The number of carbonyl (C=O) groups is 1. The Kier molecular flexibility index (Phi) is 7.21. The molecule has 1 atom stereocenters. The molecule has 1 heterocycles. The van der Waals surface area contributed by atoms with Crippen molar-refractivity contribution in [2.24, 2.45) is 5.73 Å². The van der Waals surface area contributed by atoms with Crippen LogP contribution in [-0.2, 0) is 17.8 Å². The summed E-state index contributed by atoms with van der Waals surface area (Å²) in [6.07, 6.45) is 0.549. The number of nitrogens with one attached hydrogen (secondary N) is 1. The molecule has 0 radical (unpaired) electrons. The van der Waals surface area contributed by atoms with E-state index >= 15 is 0 Å². The van der Waals surface area contributed by atoms with Crippen LogP contribution in [0.1, 0.15) is 17.8 Å². The van der Waals surface area contributed by atoms with Crippen molar-refractivity contribution < 1.29 is 14.6 Å². The van der Waals surface area contributed by atoms with Crippen molar-refractivity contribution in [3.8, 4) is 5.75 Å². The highest BCUT2D eigenvalue weighted by Crippen LogP contribution is 2.15. The molecule has 0 aliphatic carbocycles. The van der Waals surface area contributed by atoms with E-state index in [4.69, 9.17) is 10.5 Å². The van der Waals surface area contributed by atoms with Gasteiger partial charge in [-0.25, -0.2) is 4.98 Å². The van der Waals surface area contributed by atoms with Gasteiger partial charge in [0.2, 0.25) is 5.91 Å². The van der Waals surface area contributed by atoms with Crippen molar-refractivity contribution in [2.45, 2.75) is 32.4 Å². The lowest BCUT2D eigenvalue weighted by molar-refractivity contribution is -0.117. The standard InChI is InChI=1S/C22H28N4O3/c1-16-25-20-5-2-3-6-21(20)26(16)12-4-11-24-14-18(27)15-29-19-9-7-17(8-10-19)13-22(23)28/h2-3,5-10,18,24,27H,4,11-15H2,1H3,(H2,23,28). The molecule has 2 aromatic carbocycles. The van der Waals surface area contributed by atoms with Crippen molar-refractivity contribution >= 4 is 16.9 Å². The third-order valence-electron chi connectivity index (χ3n) is 4.70. The van der Waals surface area contributed by atoms with Gasteiger partial charge in [-0.15, -0.1) is 0 Å². The predicted molar refractivity (Wildman–Crippen MR) is 113 cm³/mol. The molecule has 7 heteroatoms. The number of para-hydroxylation sites is 2. The number of hydrogen-bond acceptors (Lipinski definition) is 5. The van der Waals surface area contributed by atoms with Gasteiger partial charge < -0.3 is 25.5 Å². The molecule has 1 aromatic heterocycles. The Balaban J connectivity index is 1.34. The molecule has 7 nitrogen and oxygen atoms in total. The number of aryl methyl sites for hydroxylation is 2. The summed E-state index contributed by atoms with van der Waals surface area (Å²) in [6, 6.07) is 15.3. The second-order valence-corrected chi connectivity index (χ2v) is 7.11. The summed E-state index contributed by atoms with van der Waals surface area (Å²) in [5, 5.41) is 13.4. The fourth-order valence-corrected chi connectivity index (χ4v) is 3.27. The number of ether oxygens (including phenoxy) is 1. The van der Waals surface area contributed by atoms with E-state index in [9.17, 15) is 9.90 Å². The van der Waals surface area contributed by atoms with Crippen LogP contribution in [0.2, 0.25) is 0 Å². The lowest BCUT2D eigenvalue weighted by atomic mass is 10.1. The smallest absolute Gasteiger partial charge is 0.221 e. The number of amides is 1. The molecule has 0 spiro atoms. The summed E-state index contributed by atoms with van der Waals surface area (Å²) in [5.74, 6) is 1.30. The third kappa shape index (κ3) is 6.04. The Morgan fingerprint density at radius 1 is 1.24 bits per heavy atom. The monoisotopic (exact) mass is 396 g/mol. The summed E-state index contributed by atoms with van der Waals surface area (Å²) in [4.78, 5) is 15.5. The van der Waals surface area contributed by atoms with Crippen LogP contribution in [0.4, 0.5) is 0 Å². The number of benzene rings is 2. The first-order valence-electron chi connectivity index (χ1n) is 9.83. The minimum absolute atomic E-state index is 0.202. The van der Waals surface area contributed by atoms with Gasteiger partial charge in [0.1, 0.15) is 24.3 Å². The van der Waals surface area contributed by atoms with E-state index < -0.39 is 6.10 Å². The number of carbonyl (C=O) groups excluding carboxylic acids is 1. The SMILES string of the molecule is Cc1nc2ccccc2n1CCCNCC(O)COc1ccc(CC(N)=O)cc1. The maximum Gasteiger partial charge on any atom is 0.221 e. The van der Waals surface area contributed by atoms with E-state index in [0.717, 1.165) is 41.9 Å². The fourth-order valence-electron chi connectivity index (χ4n) is 3.27.